The number of aliphatic hydroxyl groups excluding tert-OH is 1. The van der Waals surface area contributed by atoms with Crippen molar-refractivity contribution in [1.29, 1.82) is 0 Å². The van der Waals surface area contributed by atoms with Gasteiger partial charge in [-0.2, -0.15) is 0 Å². The summed E-state index contributed by atoms with van der Waals surface area (Å²) in [5.41, 5.74) is 0. The van der Waals surface area contributed by atoms with Gasteiger partial charge in [-0.1, -0.05) is 23.7 Å². The molecule has 0 aliphatic carbocycles. The maximum atomic E-state index is 12.2. The van der Waals surface area contributed by atoms with Crippen LogP contribution in [0.2, 0.25) is 5.02 Å². The van der Waals surface area contributed by atoms with Gasteiger partial charge in [0, 0.05) is 19.2 Å². The summed E-state index contributed by atoms with van der Waals surface area (Å²) in [4.78, 5) is 14.2. The Morgan fingerprint density at radius 3 is 3.00 bits per heavy atom. The highest BCUT2D eigenvalue weighted by molar-refractivity contribution is 6.32. The number of hydrogen-bond donors (Lipinski definition) is 1. The Kier molecular flexibility index (Phi) is 6.33. The van der Waals surface area contributed by atoms with E-state index >= 15 is 0 Å². The first-order valence-electron chi connectivity index (χ1n) is 7.50. The number of hydrogen-bond acceptors (Lipinski definition) is 3. The van der Waals surface area contributed by atoms with E-state index in [1.54, 1.807) is 12.1 Å². The SMILES string of the molecule is O=C(CCOc1ccccc1Cl)N1CCCC1CCCO. The Morgan fingerprint density at radius 1 is 1.43 bits per heavy atom. The molecule has 1 heterocycles. The minimum absolute atomic E-state index is 0.127. The lowest BCUT2D eigenvalue weighted by Gasteiger charge is -2.24. The average molecular weight is 312 g/mol. The van der Waals surface area contributed by atoms with Gasteiger partial charge in [-0.25, -0.2) is 0 Å². The summed E-state index contributed by atoms with van der Waals surface area (Å²) in [6.07, 6.45) is 4.09. The van der Waals surface area contributed by atoms with Gasteiger partial charge in [0.15, 0.2) is 0 Å². The van der Waals surface area contributed by atoms with E-state index in [2.05, 4.69) is 0 Å². The summed E-state index contributed by atoms with van der Waals surface area (Å²) in [5, 5.41) is 9.47. The molecule has 0 aromatic heterocycles. The van der Waals surface area contributed by atoms with Gasteiger partial charge in [0.05, 0.1) is 18.1 Å². The molecule has 1 atom stereocenters. The summed E-state index contributed by atoms with van der Waals surface area (Å²) in [7, 11) is 0. The highest BCUT2D eigenvalue weighted by Crippen LogP contribution is 2.24. The number of ether oxygens (including phenoxy) is 1. The maximum Gasteiger partial charge on any atom is 0.226 e. The fourth-order valence-corrected chi connectivity index (χ4v) is 2.94. The van der Waals surface area contributed by atoms with E-state index in [0.29, 0.717) is 23.8 Å². The molecule has 5 heteroatoms. The summed E-state index contributed by atoms with van der Waals surface area (Å²) >= 11 is 6.00. The molecule has 21 heavy (non-hydrogen) atoms. The molecule has 1 aliphatic heterocycles. The van der Waals surface area contributed by atoms with Gasteiger partial charge in [0.2, 0.25) is 5.91 Å². The highest BCUT2D eigenvalue weighted by atomic mass is 35.5. The van der Waals surface area contributed by atoms with Gasteiger partial charge in [-0.15, -0.1) is 0 Å². The molecule has 1 unspecified atom stereocenters. The number of nitrogens with zero attached hydrogens (tertiary/aromatic N) is 1. The van der Waals surface area contributed by atoms with Crippen molar-refractivity contribution in [3.05, 3.63) is 29.3 Å². The van der Waals surface area contributed by atoms with Crippen LogP contribution in [-0.2, 0) is 4.79 Å². The number of likely N-dealkylation sites (tertiary alicyclic amines) is 1. The van der Waals surface area contributed by atoms with Crippen LogP contribution in [0.3, 0.4) is 0 Å². The quantitative estimate of drug-likeness (QED) is 0.842. The van der Waals surface area contributed by atoms with Gasteiger partial charge in [-0.3, -0.25) is 4.79 Å². The Labute approximate surface area is 130 Å². The normalized spacial score (nSPS) is 18.0. The van der Waals surface area contributed by atoms with E-state index in [0.717, 1.165) is 32.2 Å². The molecule has 1 aromatic rings. The zero-order valence-electron chi connectivity index (χ0n) is 12.1. The molecule has 1 N–H and O–H groups in total. The van der Waals surface area contributed by atoms with Crippen molar-refractivity contribution < 1.29 is 14.6 Å². The predicted octanol–water partition coefficient (Wildman–Crippen LogP) is 2.87. The van der Waals surface area contributed by atoms with Crippen LogP contribution in [0.1, 0.15) is 32.1 Å². The standard InChI is InChI=1S/C16H22ClNO3/c17-14-7-1-2-8-15(14)21-12-9-16(20)18-10-3-5-13(18)6-4-11-19/h1-2,7-8,13,19H,3-6,9-12H2. The van der Waals surface area contributed by atoms with Crippen molar-refractivity contribution >= 4 is 17.5 Å². The number of amides is 1. The number of rotatable bonds is 7. The van der Waals surface area contributed by atoms with Crippen LogP contribution in [0.15, 0.2) is 24.3 Å². The smallest absolute Gasteiger partial charge is 0.226 e. The summed E-state index contributed by atoms with van der Waals surface area (Å²) in [5.74, 6) is 0.743. The van der Waals surface area contributed by atoms with E-state index < -0.39 is 0 Å². The van der Waals surface area contributed by atoms with Crippen molar-refractivity contribution in [2.24, 2.45) is 0 Å². The maximum absolute atomic E-state index is 12.2. The topological polar surface area (TPSA) is 49.8 Å². The van der Waals surface area contributed by atoms with Crippen LogP contribution in [0.25, 0.3) is 0 Å². The van der Waals surface area contributed by atoms with Crippen LogP contribution in [0, 0.1) is 0 Å². The molecule has 1 aliphatic rings. The lowest BCUT2D eigenvalue weighted by atomic mass is 10.1. The molecule has 116 valence electrons. The van der Waals surface area contributed by atoms with E-state index in [1.807, 2.05) is 17.0 Å². The van der Waals surface area contributed by atoms with Crippen molar-refractivity contribution in [2.75, 3.05) is 19.8 Å². The van der Waals surface area contributed by atoms with Gasteiger partial charge in [0.1, 0.15) is 5.75 Å². The number of halogens is 1. The Bertz CT molecular complexity index is 467. The molecule has 2 rings (SSSR count). The highest BCUT2D eigenvalue weighted by Gasteiger charge is 2.27. The molecule has 1 fully saturated rings. The monoisotopic (exact) mass is 311 g/mol. The van der Waals surface area contributed by atoms with E-state index in [9.17, 15) is 4.79 Å². The van der Waals surface area contributed by atoms with Crippen molar-refractivity contribution in [3.8, 4) is 5.75 Å². The average Bonchev–Trinajstić information content (AvgIpc) is 2.95. The van der Waals surface area contributed by atoms with Gasteiger partial charge >= 0.3 is 0 Å². The summed E-state index contributed by atoms with van der Waals surface area (Å²) in [6, 6.07) is 7.55. The van der Waals surface area contributed by atoms with Crippen molar-refractivity contribution in [1.82, 2.24) is 4.90 Å². The Hall–Kier alpha value is -1.26. The predicted molar refractivity (Wildman–Crippen MR) is 82.6 cm³/mol. The third kappa shape index (κ3) is 4.61. The van der Waals surface area contributed by atoms with Gasteiger partial charge in [-0.05, 0) is 37.8 Å². The molecule has 4 nitrogen and oxygen atoms in total. The molecule has 0 bridgehead atoms. The second kappa shape index (κ2) is 8.25. The first-order valence-corrected chi connectivity index (χ1v) is 7.88. The number of para-hydroxylation sites is 1. The largest absolute Gasteiger partial charge is 0.491 e. The molecule has 0 radical (unpaired) electrons. The minimum Gasteiger partial charge on any atom is -0.491 e. The number of carbonyl (C=O) groups excluding carboxylic acids is 1. The van der Waals surface area contributed by atoms with Crippen LogP contribution < -0.4 is 4.74 Å². The molecule has 1 saturated heterocycles. The lowest BCUT2D eigenvalue weighted by molar-refractivity contribution is -0.132. The van der Waals surface area contributed by atoms with Gasteiger partial charge < -0.3 is 14.7 Å². The third-order valence-electron chi connectivity index (χ3n) is 3.80. The molecule has 1 aromatic carbocycles. The number of aliphatic hydroxyl groups is 1. The Morgan fingerprint density at radius 2 is 2.24 bits per heavy atom. The molecular formula is C16H22ClNO3. The first-order chi connectivity index (χ1) is 10.2. The van der Waals surface area contributed by atoms with Gasteiger partial charge in [0.25, 0.3) is 0 Å². The van der Waals surface area contributed by atoms with E-state index in [-0.39, 0.29) is 18.6 Å². The molecular weight excluding hydrogens is 290 g/mol. The van der Waals surface area contributed by atoms with Crippen LogP contribution in [0.4, 0.5) is 0 Å². The fraction of sp³-hybridized carbons (Fsp3) is 0.562. The minimum atomic E-state index is 0.127. The second-order valence-electron chi connectivity index (χ2n) is 5.28. The van der Waals surface area contributed by atoms with Crippen molar-refractivity contribution in [3.63, 3.8) is 0 Å². The zero-order valence-corrected chi connectivity index (χ0v) is 12.9. The van der Waals surface area contributed by atoms with E-state index in [4.69, 9.17) is 21.4 Å². The molecule has 0 saturated carbocycles. The molecule has 1 amide bonds. The van der Waals surface area contributed by atoms with Crippen LogP contribution in [-0.4, -0.2) is 41.7 Å². The zero-order chi connectivity index (χ0) is 15.1. The lowest BCUT2D eigenvalue weighted by Crippen LogP contribution is -2.36. The summed E-state index contributed by atoms with van der Waals surface area (Å²) < 4.78 is 5.56. The summed E-state index contributed by atoms with van der Waals surface area (Å²) in [6.45, 7) is 1.35. The first kappa shape index (κ1) is 16.1. The van der Waals surface area contributed by atoms with Crippen LogP contribution >= 0.6 is 11.6 Å². The number of carbonyl (C=O) groups is 1. The van der Waals surface area contributed by atoms with E-state index in [1.165, 1.54) is 0 Å². The Balaban J connectivity index is 1.77. The third-order valence-corrected chi connectivity index (χ3v) is 4.12. The second-order valence-corrected chi connectivity index (χ2v) is 5.69. The number of benzene rings is 1. The fourth-order valence-electron chi connectivity index (χ4n) is 2.74. The van der Waals surface area contributed by atoms with Crippen LogP contribution in [0.5, 0.6) is 5.75 Å². The molecule has 0 spiro atoms. The van der Waals surface area contributed by atoms with Crippen molar-refractivity contribution in [2.45, 2.75) is 38.1 Å².